The van der Waals surface area contributed by atoms with Crippen LogP contribution in [0.3, 0.4) is 0 Å². The molecule has 0 saturated carbocycles. The maximum absolute atomic E-state index is 12.4. The van der Waals surface area contributed by atoms with Crippen molar-refractivity contribution < 1.29 is 4.79 Å². The van der Waals surface area contributed by atoms with Gasteiger partial charge >= 0.3 is 0 Å². The summed E-state index contributed by atoms with van der Waals surface area (Å²) in [6.45, 7) is 15.6. The number of carbonyl (C=O) groups excluding carboxylic acids is 1. The molecule has 0 aromatic carbocycles. The first kappa shape index (κ1) is 17.9. The number of rotatable bonds is 10. The van der Waals surface area contributed by atoms with E-state index >= 15 is 0 Å². The van der Waals surface area contributed by atoms with Crippen LogP contribution >= 0.6 is 0 Å². The van der Waals surface area contributed by atoms with E-state index in [0.29, 0.717) is 19.6 Å². The van der Waals surface area contributed by atoms with Gasteiger partial charge in [0.25, 0.3) is 0 Å². The zero-order chi connectivity index (χ0) is 15.5. The van der Waals surface area contributed by atoms with Crippen LogP contribution in [0, 0.1) is 5.92 Å². The van der Waals surface area contributed by atoms with E-state index in [-0.39, 0.29) is 5.91 Å². The maximum atomic E-state index is 12.4. The third kappa shape index (κ3) is 6.91. The molecule has 0 unspecified atom stereocenters. The van der Waals surface area contributed by atoms with Crippen LogP contribution in [0.5, 0.6) is 0 Å². The van der Waals surface area contributed by atoms with Gasteiger partial charge in [-0.15, -0.1) is 13.2 Å². The van der Waals surface area contributed by atoms with Crippen LogP contribution in [0.4, 0.5) is 0 Å². The second-order valence-electron chi connectivity index (χ2n) is 5.80. The molecule has 0 aliphatic carbocycles. The smallest absolute Gasteiger partial charge is 0.237 e. The van der Waals surface area contributed by atoms with Crippen molar-refractivity contribution in [2.45, 2.75) is 26.2 Å². The number of hydrogen-bond donors (Lipinski definition) is 1. The molecule has 1 rings (SSSR count). The van der Waals surface area contributed by atoms with E-state index in [2.05, 4.69) is 30.3 Å². The van der Waals surface area contributed by atoms with E-state index in [4.69, 9.17) is 0 Å². The third-order valence-corrected chi connectivity index (χ3v) is 3.93. The SMILES string of the molecule is C=CCN(CC=C)C(=O)CN(CCC)CC1CCNCC1. The first-order valence-corrected chi connectivity index (χ1v) is 8.13. The first-order chi connectivity index (χ1) is 10.2. The molecule has 1 heterocycles. The maximum Gasteiger partial charge on any atom is 0.237 e. The third-order valence-electron chi connectivity index (χ3n) is 3.93. The highest BCUT2D eigenvalue weighted by molar-refractivity contribution is 5.78. The van der Waals surface area contributed by atoms with Gasteiger partial charge < -0.3 is 10.2 Å². The molecule has 1 aliphatic rings. The Kier molecular flexibility index (Phi) is 9.02. The number of amides is 1. The Labute approximate surface area is 129 Å². The molecule has 120 valence electrons. The number of piperidine rings is 1. The lowest BCUT2D eigenvalue weighted by atomic mass is 9.97. The summed E-state index contributed by atoms with van der Waals surface area (Å²) in [7, 11) is 0. The number of nitrogens with zero attached hydrogens (tertiary/aromatic N) is 2. The molecule has 0 spiro atoms. The fourth-order valence-electron chi connectivity index (χ4n) is 2.86. The molecule has 0 atom stereocenters. The molecule has 1 N–H and O–H groups in total. The Morgan fingerprint density at radius 1 is 1.24 bits per heavy atom. The zero-order valence-electron chi connectivity index (χ0n) is 13.5. The van der Waals surface area contributed by atoms with Crippen molar-refractivity contribution in [1.29, 1.82) is 0 Å². The number of nitrogens with one attached hydrogen (secondary N) is 1. The standard InChI is InChI=1S/C17H31N3O/c1-4-11-19(14-16-7-9-18-10-8-16)15-17(21)20(12-5-2)13-6-3/h5-6,16,18H,2-4,7-15H2,1H3. The summed E-state index contributed by atoms with van der Waals surface area (Å²) in [5.74, 6) is 0.898. The molecule has 0 bridgehead atoms. The Hall–Kier alpha value is -1.13. The Bertz CT molecular complexity index is 314. The van der Waals surface area contributed by atoms with E-state index in [1.165, 1.54) is 12.8 Å². The highest BCUT2D eigenvalue weighted by Gasteiger charge is 2.20. The Balaban J connectivity index is 2.51. The molecule has 1 amide bonds. The highest BCUT2D eigenvalue weighted by Crippen LogP contribution is 2.14. The average Bonchev–Trinajstić information content (AvgIpc) is 2.48. The van der Waals surface area contributed by atoms with Crippen LogP contribution in [-0.2, 0) is 4.79 Å². The van der Waals surface area contributed by atoms with Gasteiger partial charge in [-0.3, -0.25) is 9.69 Å². The predicted molar refractivity (Wildman–Crippen MR) is 89.3 cm³/mol. The highest BCUT2D eigenvalue weighted by atomic mass is 16.2. The first-order valence-electron chi connectivity index (χ1n) is 8.13. The lowest BCUT2D eigenvalue weighted by Gasteiger charge is -2.31. The average molecular weight is 293 g/mol. The minimum Gasteiger partial charge on any atom is -0.334 e. The van der Waals surface area contributed by atoms with Crippen molar-refractivity contribution >= 4 is 5.91 Å². The molecule has 1 aliphatic heterocycles. The molecule has 21 heavy (non-hydrogen) atoms. The van der Waals surface area contributed by atoms with Gasteiger partial charge in [0.2, 0.25) is 5.91 Å². The Morgan fingerprint density at radius 3 is 2.38 bits per heavy atom. The van der Waals surface area contributed by atoms with Crippen LogP contribution < -0.4 is 5.32 Å². The lowest BCUT2D eigenvalue weighted by molar-refractivity contribution is -0.131. The molecule has 0 radical (unpaired) electrons. The fourth-order valence-corrected chi connectivity index (χ4v) is 2.86. The van der Waals surface area contributed by atoms with Crippen molar-refractivity contribution in [2.24, 2.45) is 5.92 Å². The van der Waals surface area contributed by atoms with E-state index in [1.807, 2.05) is 4.90 Å². The quantitative estimate of drug-likeness (QED) is 0.625. The summed E-state index contributed by atoms with van der Waals surface area (Å²) in [5.41, 5.74) is 0. The summed E-state index contributed by atoms with van der Waals surface area (Å²) in [6, 6.07) is 0. The number of carbonyl (C=O) groups is 1. The van der Waals surface area contributed by atoms with Gasteiger partial charge in [-0.05, 0) is 44.8 Å². The zero-order valence-corrected chi connectivity index (χ0v) is 13.5. The monoisotopic (exact) mass is 293 g/mol. The molecule has 1 saturated heterocycles. The van der Waals surface area contributed by atoms with Gasteiger partial charge in [0, 0.05) is 19.6 Å². The molecule has 0 aromatic rings. The molecule has 1 fully saturated rings. The molecule has 0 aromatic heterocycles. The van der Waals surface area contributed by atoms with Crippen molar-refractivity contribution in [2.75, 3.05) is 45.8 Å². The van der Waals surface area contributed by atoms with Gasteiger partial charge in [-0.2, -0.15) is 0 Å². The minimum atomic E-state index is 0.178. The minimum absolute atomic E-state index is 0.178. The van der Waals surface area contributed by atoms with Crippen LogP contribution in [0.25, 0.3) is 0 Å². The fraction of sp³-hybridized carbons (Fsp3) is 0.706. The van der Waals surface area contributed by atoms with Gasteiger partial charge in [-0.1, -0.05) is 19.1 Å². The van der Waals surface area contributed by atoms with Crippen LogP contribution in [0.15, 0.2) is 25.3 Å². The lowest BCUT2D eigenvalue weighted by Crippen LogP contribution is -2.43. The normalized spacial score (nSPS) is 15.9. The largest absolute Gasteiger partial charge is 0.334 e. The topological polar surface area (TPSA) is 35.6 Å². The van der Waals surface area contributed by atoms with E-state index in [0.717, 1.165) is 38.5 Å². The van der Waals surface area contributed by atoms with Crippen LogP contribution in [0.1, 0.15) is 26.2 Å². The molecule has 4 heteroatoms. The predicted octanol–water partition coefficient (Wildman–Crippen LogP) is 1.90. The summed E-state index contributed by atoms with van der Waals surface area (Å²) in [5, 5.41) is 3.40. The van der Waals surface area contributed by atoms with Crippen molar-refractivity contribution in [3.63, 3.8) is 0 Å². The van der Waals surface area contributed by atoms with Gasteiger partial charge in [-0.25, -0.2) is 0 Å². The molecular formula is C17H31N3O. The molecule has 4 nitrogen and oxygen atoms in total. The summed E-state index contributed by atoms with van der Waals surface area (Å²) < 4.78 is 0. The summed E-state index contributed by atoms with van der Waals surface area (Å²) >= 11 is 0. The van der Waals surface area contributed by atoms with Crippen molar-refractivity contribution in [1.82, 2.24) is 15.1 Å². The van der Waals surface area contributed by atoms with E-state index in [1.54, 1.807) is 12.2 Å². The Morgan fingerprint density at radius 2 is 1.86 bits per heavy atom. The summed E-state index contributed by atoms with van der Waals surface area (Å²) in [4.78, 5) is 16.6. The van der Waals surface area contributed by atoms with Crippen molar-refractivity contribution in [3.8, 4) is 0 Å². The van der Waals surface area contributed by atoms with E-state index in [9.17, 15) is 4.79 Å². The second kappa shape index (κ2) is 10.6. The van der Waals surface area contributed by atoms with Crippen LogP contribution in [0.2, 0.25) is 0 Å². The van der Waals surface area contributed by atoms with Gasteiger partial charge in [0.1, 0.15) is 0 Å². The van der Waals surface area contributed by atoms with Crippen molar-refractivity contribution in [3.05, 3.63) is 25.3 Å². The number of hydrogen-bond acceptors (Lipinski definition) is 3. The van der Waals surface area contributed by atoms with E-state index < -0.39 is 0 Å². The molecular weight excluding hydrogens is 262 g/mol. The van der Waals surface area contributed by atoms with Gasteiger partial charge in [0.15, 0.2) is 0 Å². The van der Waals surface area contributed by atoms with Gasteiger partial charge in [0.05, 0.1) is 6.54 Å². The second-order valence-corrected chi connectivity index (χ2v) is 5.80. The van der Waals surface area contributed by atoms with Crippen LogP contribution in [-0.4, -0.2) is 61.5 Å². The summed E-state index contributed by atoms with van der Waals surface area (Å²) in [6.07, 6.45) is 7.08.